The molecule has 0 aliphatic carbocycles. The van der Waals surface area contributed by atoms with E-state index in [4.69, 9.17) is 11.6 Å². The van der Waals surface area contributed by atoms with Crippen LogP contribution in [-0.4, -0.2) is 5.78 Å². The van der Waals surface area contributed by atoms with Crippen LogP contribution < -0.4 is 17.0 Å². The van der Waals surface area contributed by atoms with Crippen molar-refractivity contribution < 1.29 is 4.79 Å². The molecule has 0 bridgehead atoms. The van der Waals surface area contributed by atoms with Gasteiger partial charge in [-0.05, 0) is 19.8 Å². The average Bonchev–Trinajstić information content (AvgIpc) is 1.87. The van der Waals surface area contributed by atoms with Crippen molar-refractivity contribution in [2.45, 2.75) is 26.2 Å². The van der Waals surface area contributed by atoms with E-state index in [0.29, 0.717) is 18.5 Å². The summed E-state index contributed by atoms with van der Waals surface area (Å²) in [5.74, 6) is 5.18. The van der Waals surface area contributed by atoms with E-state index < -0.39 is 0 Å². The molecule has 0 unspecified atom stereocenters. The van der Waals surface area contributed by atoms with Gasteiger partial charge in [0.1, 0.15) is 5.78 Å². The fourth-order valence-electron chi connectivity index (χ4n) is 0.721. The maximum Gasteiger partial charge on any atom is 0.129 e. The number of nitrogens with one attached hydrogen (secondary N) is 1. The summed E-state index contributed by atoms with van der Waals surface area (Å²) in [6, 6.07) is 0. The van der Waals surface area contributed by atoms with Crippen LogP contribution in [0.2, 0.25) is 0 Å². The van der Waals surface area contributed by atoms with Crippen molar-refractivity contribution in [3.63, 3.8) is 0 Å². The molecular formula is C7H15N3O. The largest absolute Gasteiger partial charge is 0.401 e. The van der Waals surface area contributed by atoms with Gasteiger partial charge in [0.25, 0.3) is 0 Å². The van der Waals surface area contributed by atoms with Crippen LogP contribution in [0.15, 0.2) is 11.9 Å². The first-order chi connectivity index (χ1) is 5.16. The summed E-state index contributed by atoms with van der Waals surface area (Å²) in [5, 5.41) is 0. The lowest BCUT2D eigenvalue weighted by molar-refractivity contribution is -0.117. The number of ketones is 1. The molecule has 0 radical (unpaired) electrons. The van der Waals surface area contributed by atoms with E-state index in [1.807, 2.05) is 0 Å². The zero-order valence-corrected chi connectivity index (χ0v) is 6.76. The Kier molecular flexibility index (Phi) is 5.20. The third kappa shape index (κ3) is 6.86. The highest BCUT2D eigenvalue weighted by atomic mass is 16.1. The second-order valence-corrected chi connectivity index (χ2v) is 2.44. The minimum Gasteiger partial charge on any atom is -0.401 e. The van der Waals surface area contributed by atoms with Crippen LogP contribution in [0.5, 0.6) is 0 Å². The van der Waals surface area contributed by atoms with Gasteiger partial charge in [0.2, 0.25) is 0 Å². The quantitative estimate of drug-likeness (QED) is 0.388. The molecule has 0 spiro atoms. The minimum atomic E-state index is 0.193. The van der Waals surface area contributed by atoms with Crippen LogP contribution in [-0.2, 0) is 4.79 Å². The molecule has 64 valence electrons. The van der Waals surface area contributed by atoms with Crippen LogP contribution in [0, 0.1) is 0 Å². The second-order valence-electron chi connectivity index (χ2n) is 2.44. The fraction of sp³-hybridized carbons (Fsp3) is 0.571. The van der Waals surface area contributed by atoms with Crippen molar-refractivity contribution in [3.05, 3.63) is 11.9 Å². The summed E-state index contributed by atoms with van der Waals surface area (Å²) in [6.07, 6.45) is 3.61. The topological polar surface area (TPSA) is 81.1 Å². The predicted octanol–water partition coefficient (Wildman–Crippen LogP) is 0.00910. The summed E-state index contributed by atoms with van der Waals surface area (Å²) < 4.78 is 0. The molecule has 0 saturated heterocycles. The molecule has 0 heterocycles. The molecule has 4 nitrogen and oxygen atoms in total. The summed E-state index contributed by atoms with van der Waals surface area (Å²) >= 11 is 0. The molecule has 0 aromatic carbocycles. The van der Waals surface area contributed by atoms with Crippen LogP contribution in [0.25, 0.3) is 0 Å². The lowest BCUT2D eigenvalue weighted by Gasteiger charge is -1.98. The van der Waals surface area contributed by atoms with E-state index in [0.717, 1.165) is 6.42 Å². The highest BCUT2D eigenvalue weighted by molar-refractivity contribution is 5.75. The first-order valence-electron chi connectivity index (χ1n) is 3.57. The molecule has 0 aliphatic rings. The smallest absolute Gasteiger partial charge is 0.129 e. The van der Waals surface area contributed by atoms with Crippen molar-refractivity contribution in [2.75, 3.05) is 0 Å². The Labute approximate surface area is 66.6 Å². The number of carbonyl (C=O) groups is 1. The highest BCUT2D eigenvalue weighted by Crippen LogP contribution is 2.00. The maximum atomic E-state index is 10.5. The molecule has 0 rings (SSSR count). The Morgan fingerprint density at radius 2 is 2.18 bits per heavy atom. The van der Waals surface area contributed by atoms with Gasteiger partial charge < -0.3 is 16.0 Å². The minimum absolute atomic E-state index is 0.193. The van der Waals surface area contributed by atoms with Gasteiger partial charge in [-0.3, -0.25) is 5.84 Å². The van der Waals surface area contributed by atoms with Gasteiger partial charge in [0.05, 0.1) is 0 Å². The van der Waals surface area contributed by atoms with Gasteiger partial charge in [-0.1, -0.05) is 0 Å². The van der Waals surface area contributed by atoms with Gasteiger partial charge in [-0.2, -0.15) is 0 Å². The lowest BCUT2D eigenvalue weighted by atomic mass is 10.1. The van der Waals surface area contributed by atoms with E-state index >= 15 is 0 Å². The molecule has 11 heavy (non-hydrogen) atoms. The van der Waals surface area contributed by atoms with Crippen LogP contribution in [0.3, 0.4) is 0 Å². The number of rotatable bonds is 5. The van der Waals surface area contributed by atoms with Gasteiger partial charge >= 0.3 is 0 Å². The van der Waals surface area contributed by atoms with Gasteiger partial charge in [-0.15, -0.1) is 0 Å². The van der Waals surface area contributed by atoms with Crippen molar-refractivity contribution in [1.29, 1.82) is 0 Å². The van der Waals surface area contributed by atoms with Crippen molar-refractivity contribution >= 4 is 5.78 Å². The van der Waals surface area contributed by atoms with Gasteiger partial charge in [0.15, 0.2) is 0 Å². The van der Waals surface area contributed by atoms with Crippen molar-refractivity contribution in [2.24, 2.45) is 11.6 Å². The molecule has 0 amide bonds. The van der Waals surface area contributed by atoms with Crippen LogP contribution >= 0.6 is 0 Å². The molecule has 4 heteroatoms. The standard InChI is InChI=1S/C7H15N3O/c1-6(11)3-2-4-7(8)5-10-9/h5,10H,2-4,8-9H2,1H3/b7-5-. The maximum absolute atomic E-state index is 10.5. The monoisotopic (exact) mass is 157 g/mol. The van der Waals surface area contributed by atoms with Crippen molar-refractivity contribution in [1.82, 2.24) is 5.43 Å². The average molecular weight is 157 g/mol. The Hall–Kier alpha value is -1.03. The Morgan fingerprint density at radius 3 is 2.64 bits per heavy atom. The van der Waals surface area contributed by atoms with Crippen LogP contribution in [0.4, 0.5) is 0 Å². The summed E-state index contributed by atoms with van der Waals surface area (Å²) in [5.41, 5.74) is 8.49. The Balaban J connectivity index is 3.38. The Bertz CT molecular complexity index is 154. The predicted molar refractivity (Wildman–Crippen MR) is 44.1 cm³/mol. The molecular weight excluding hydrogens is 142 g/mol. The molecule has 0 fully saturated rings. The number of nitrogens with two attached hydrogens (primary N) is 2. The first kappa shape index (κ1) is 9.97. The highest BCUT2D eigenvalue weighted by Gasteiger charge is 1.94. The molecule has 0 aromatic heterocycles. The lowest BCUT2D eigenvalue weighted by Crippen LogP contribution is -2.16. The molecule has 5 N–H and O–H groups in total. The molecule has 0 saturated carbocycles. The zero-order chi connectivity index (χ0) is 8.69. The number of carbonyl (C=O) groups excluding carboxylic acids is 1. The van der Waals surface area contributed by atoms with E-state index in [-0.39, 0.29) is 5.78 Å². The molecule has 0 aromatic rings. The van der Waals surface area contributed by atoms with Gasteiger partial charge in [-0.25, -0.2) is 0 Å². The van der Waals surface area contributed by atoms with E-state index in [1.165, 1.54) is 6.20 Å². The third-order valence-electron chi connectivity index (χ3n) is 1.26. The SMILES string of the molecule is CC(=O)CCC/C(N)=C/NN. The second kappa shape index (κ2) is 5.73. The normalized spacial score (nSPS) is 11.3. The van der Waals surface area contributed by atoms with Crippen molar-refractivity contribution in [3.8, 4) is 0 Å². The summed E-state index contributed by atoms with van der Waals surface area (Å²) in [7, 11) is 0. The fourth-order valence-corrected chi connectivity index (χ4v) is 0.721. The van der Waals surface area contributed by atoms with E-state index in [9.17, 15) is 4.79 Å². The summed E-state index contributed by atoms with van der Waals surface area (Å²) in [6.45, 7) is 1.57. The first-order valence-corrected chi connectivity index (χ1v) is 3.57. The van der Waals surface area contributed by atoms with Gasteiger partial charge in [0, 0.05) is 18.3 Å². The molecule has 0 aliphatic heterocycles. The number of Topliss-reactive ketones (excluding diaryl/α,β-unsaturated/α-hetero) is 1. The number of hydrogen-bond acceptors (Lipinski definition) is 4. The third-order valence-corrected chi connectivity index (χ3v) is 1.26. The zero-order valence-electron chi connectivity index (χ0n) is 6.76. The van der Waals surface area contributed by atoms with E-state index in [1.54, 1.807) is 6.92 Å². The number of hydrazine groups is 1. The molecule has 0 atom stereocenters. The van der Waals surface area contributed by atoms with Crippen LogP contribution in [0.1, 0.15) is 26.2 Å². The number of hydrogen-bond donors (Lipinski definition) is 3. The van der Waals surface area contributed by atoms with E-state index in [2.05, 4.69) is 5.43 Å². The summed E-state index contributed by atoms with van der Waals surface area (Å²) in [4.78, 5) is 10.5. The Morgan fingerprint density at radius 1 is 1.55 bits per heavy atom. The number of allylic oxidation sites excluding steroid dienone is 1.